The van der Waals surface area contributed by atoms with E-state index in [0.717, 1.165) is 29.4 Å². The summed E-state index contributed by atoms with van der Waals surface area (Å²) in [5, 5.41) is 23.8. The highest BCUT2D eigenvalue weighted by molar-refractivity contribution is 5.96. The molecule has 31 heavy (non-hydrogen) atoms. The standard InChI is InChI=1S/C23H22N4O4/c1-2-23(28)24-15-5-6-16-31-22-14-13-21(19-7-3-4-8-20(19)22)26-25-17-9-11-18(12-10-17)27(29)30/h2-4,7-14H,1,5-6,15-16H2,(H,24,28). The number of carbonyl (C=O) groups excluding carboxylic acids is 1. The van der Waals surface area contributed by atoms with E-state index in [1.807, 2.05) is 36.4 Å². The van der Waals surface area contributed by atoms with Gasteiger partial charge in [0.25, 0.3) is 5.69 Å². The maximum Gasteiger partial charge on any atom is 0.269 e. The van der Waals surface area contributed by atoms with Crippen LogP contribution >= 0.6 is 0 Å². The van der Waals surface area contributed by atoms with Crippen molar-refractivity contribution >= 4 is 33.7 Å². The van der Waals surface area contributed by atoms with Gasteiger partial charge in [0.15, 0.2) is 0 Å². The third-order valence-corrected chi connectivity index (χ3v) is 4.51. The summed E-state index contributed by atoms with van der Waals surface area (Å²) >= 11 is 0. The number of rotatable bonds is 10. The molecule has 1 N–H and O–H groups in total. The minimum atomic E-state index is -0.454. The zero-order chi connectivity index (χ0) is 22.1. The molecule has 158 valence electrons. The molecule has 0 saturated heterocycles. The Morgan fingerprint density at radius 3 is 2.48 bits per heavy atom. The molecule has 0 aliphatic rings. The first kappa shape index (κ1) is 21.6. The minimum absolute atomic E-state index is 0.00832. The van der Waals surface area contributed by atoms with Crippen LogP contribution in [0.25, 0.3) is 10.8 Å². The van der Waals surface area contributed by atoms with E-state index < -0.39 is 4.92 Å². The summed E-state index contributed by atoms with van der Waals surface area (Å²) in [4.78, 5) is 21.4. The van der Waals surface area contributed by atoms with E-state index in [1.54, 1.807) is 12.1 Å². The van der Waals surface area contributed by atoms with Gasteiger partial charge in [0.2, 0.25) is 5.91 Å². The molecule has 8 heteroatoms. The fourth-order valence-electron chi connectivity index (χ4n) is 2.91. The predicted octanol–water partition coefficient (Wildman–Crippen LogP) is 5.62. The number of hydrogen-bond donors (Lipinski definition) is 1. The number of benzene rings is 3. The molecule has 8 nitrogen and oxygen atoms in total. The fourth-order valence-corrected chi connectivity index (χ4v) is 2.91. The zero-order valence-electron chi connectivity index (χ0n) is 16.9. The van der Waals surface area contributed by atoms with Gasteiger partial charge in [-0.1, -0.05) is 30.8 Å². The fraction of sp³-hybridized carbons (Fsp3) is 0.174. The normalized spacial score (nSPS) is 10.8. The lowest BCUT2D eigenvalue weighted by atomic mass is 10.1. The maximum atomic E-state index is 11.1. The van der Waals surface area contributed by atoms with E-state index >= 15 is 0 Å². The quantitative estimate of drug-likeness (QED) is 0.151. The maximum absolute atomic E-state index is 11.1. The van der Waals surface area contributed by atoms with Crippen LogP contribution in [0.3, 0.4) is 0 Å². The number of carbonyl (C=O) groups is 1. The molecule has 0 radical (unpaired) electrons. The average molecular weight is 418 g/mol. The molecule has 0 aromatic heterocycles. The summed E-state index contributed by atoms with van der Waals surface area (Å²) < 4.78 is 5.94. The van der Waals surface area contributed by atoms with Crippen LogP contribution in [0.4, 0.5) is 17.1 Å². The Labute approximate surface area is 179 Å². The van der Waals surface area contributed by atoms with Crippen LogP contribution in [-0.2, 0) is 4.79 Å². The second-order valence-corrected chi connectivity index (χ2v) is 6.65. The van der Waals surface area contributed by atoms with Crippen molar-refractivity contribution < 1.29 is 14.5 Å². The first-order valence-electron chi connectivity index (χ1n) is 9.79. The molecule has 0 saturated carbocycles. The number of nitrogens with one attached hydrogen (secondary N) is 1. The number of unbranched alkanes of at least 4 members (excludes halogenated alkanes) is 1. The number of nitro groups is 1. The number of amides is 1. The zero-order valence-corrected chi connectivity index (χ0v) is 16.9. The second kappa shape index (κ2) is 10.6. The SMILES string of the molecule is C=CC(=O)NCCCCOc1ccc(N=Nc2ccc([N+](=O)[O-])cc2)c2ccccc12. The van der Waals surface area contributed by atoms with Gasteiger partial charge in [0.1, 0.15) is 5.75 Å². The average Bonchev–Trinajstić information content (AvgIpc) is 2.80. The Bertz CT molecular complexity index is 1110. The van der Waals surface area contributed by atoms with E-state index in [2.05, 4.69) is 22.1 Å². The van der Waals surface area contributed by atoms with Gasteiger partial charge in [-0.15, -0.1) is 5.11 Å². The van der Waals surface area contributed by atoms with Crippen molar-refractivity contribution in [3.8, 4) is 5.75 Å². The monoisotopic (exact) mass is 418 g/mol. The Kier molecular flexibility index (Phi) is 7.42. The summed E-state index contributed by atoms with van der Waals surface area (Å²) in [7, 11) is 0. The van der Waals surface area contributed by atoms with Crippen molar-refractivity contribution in [2.45, 2.75) is 12.8 Å². The molecule has 0 aliphatic heterocycles. The largest absolute Gasteiger partial charge is 0.493 e. The third-order valence-electron chi connectivity index (χ3n) is 4.51. The molecule has 0 bridgehead atoms. The molecule has 0 unspecified atom stereocenters. The van der Waals surface area contributed by atoms with E-state index in [9.17, 15) is 14.9 Å². The summed E-state index contributed by atoms with van der Waals surface area (Å²) in [6.45, 7) is 4.52. The molecular weight excluding hydrogens is 396 g/mol. The van der Waals surface area contributed by atoms with Gasteiger partial charge in [0, 0.05) is 29.4 Å². The molecule has 3 rings (SSSR count). The Balaban J connectivity index is 1.67. The van der Waals surface area contributed by atoms with Crippen LogP contribution < -0.4 is 10.1 Å². The second-order valence-electron chi connectivity index (χ2n) is 6.65. The number of hydrogen-bond acceptors (Lipinski definition) is 6. The summed E-state index contributed by atoms with van der Waals surface area (Å²) in [5.74, 6) is 0.574. The van der Waals surface area contributed by atoms with Crippen LogP contribution in [-0.4, -0.2) is 24.0 Å². The van der Waals surface area contributed by atoms with Crippen molar-refractivity contribution in [2.75, 3.05) is 13.2 Å². The molecule has 0 fully saturated rings. The van der Waals surface area contributed by atoms with E-state index in [0.29, 0.717) is 24.5 Å². The van der Waals surface area contributed by atoms with Gasteiger partial charge < -0.3 is 10.1 Å². The molecule has 0 heterocycles. The first-order valence-corrected chi connectivity index (χ1v) is 9.79. The van der Waals surface area contributed by atoms with Gasteiger partial charge in [-0.3, -0.25) is 14.9 Å². The third kappa shape index (κ3) is 5.96. The summed E-state index contributed by atoms with van der Waals surface area (Å²) in [6.07, 6.45) is 2.86. The number of nitrogens with zero attached hydrogens (tertiary/aromatic N) is 3. The van der Waals surface area contributed by atoms with Crippen LogP contribution in [0.2, 0.25) is 0 Å². The summed E-state index contributed by atoms with van der Waals surface area (Å²) in [5.41, 5.74) is 1.21. The highest BCUT2D eigenvalue weighted by atomic mass is 16.6. The van der Waals surface area contributed by atoms with Crippen LogP contribution in [0.15, 0.2) is 83.5 Å². The molecule has 3 aromatic rings. The molecule has 0 atom stereocenters. The summed E-state index contributed by atoms with van der Waals surface area (Å²) in [6, 6.07) is 17.3. The van der Waals surface area contributed by atoms with Crippen molar-refractivity contribution in [3.05, 3.63) is 83.4 Å². The first-order chi connectivity index (χ1) is 15.1. The van der Waals surface area contributed by atoms with Crippen molar-refractivity contribution in [3.63, 3.8) is 0 Å². The lowest BCUT2D eigenvalue weighted by molar-refractivity contribution is -0.384. The molecule has 0 aliphatic carbocycles. The molecular formula is C23H22N4O4. The molecule has 3 aromatic carbocycles. The number of ether oxygens (including phenoxy) is 1. The van der Waals surface area contributed by atoms with Gasteiger partial charge in [-0.2, -0.15) is 5.11 Å². The number of non-ortho nitro benzene ring substituents is 1. The highest BCUT2D eigenvalue weighted by Gasteiger charge is 2.07. The van der Waals surface area contributed by atoms with Crippen molar-refractivity contribution in [1.29, 1.82) is 0 Å². The van der Waals surface area contributed by atoms with Gasteiger partial charge >= 0.3 is 0 Å². The van der Waals surface area contributed by atoms with Crippen LogP contribution in [0, 0.1) is 10.1 Å². The van der Waals surface area contributed by atoms with Crippen LogP contribution in [0.5, 0.6) is 5.75 Å². The van der Waals surface area contributed by atoms with Crippen molar-refractivity contribution in [2.24, 2.45) is 10.2 Å². The minimum Gasteiger partial charge on any atom is -0.493 e. The van der Waals surface area contributed by atoms with Crippen LogP contribution in [0.1, 0.15) is 12.8 Å². The smallest absolute Gasteiger partial charge is 0.269 e. The lowest BCUT2D eigenvalue weighted by Gasteiger charge is -2.11. The van der Waals surface area contributed by atoms with E-state index in [-0.39, 0.29) is 11.6 Å². The number of fused-ring (bicyclic) bond motifs is 1. The van der Waals surface area contributed by atoms with Crippen molar-refractivity contribution in [1.82, 2.24) is 5.32 Å². The van der Waals surface area contributed by atoms with E-state index in [4.69, 9.17) is 4.74 Å². The highest BCUT2D eigenvalue weighted by Crippen LogP contribution is 2.34. The Morgan fingerprint density at radius 2 is 1.77 bits per heavy atom. The van der Waals surface area contributed by atoms with E-state index in [1.165, 1.54) is 18.2 Å². The topological polar surface area (TPSA) is 106 Å². The lowest BCUT2D eigenvalue weighted by Crippen LogP contribution is -2.22. The number of azo groups is 1. The Morgan fingerprint density at radius 1 is 1.03 bits per heavy atom. The number of nitro benzene ring substituents is 1. The predicted molar refractivity (Wildman–Crippen MR) is 119 cm³/mol. The molecule has 1 amide bonds. The Hall–Kier alpha value is -4.07. The molecule has 0 spiro atoms. The van der Waals surface area contributed by atoms with Gasteiger partial charge in [-0.05, 0) is 43.2 Å². The van der Waals surface area contributed by atoms with Gasteiger partial charge in [-0.25, -0.2) is 0 Å². The van der Waals surface area contributed by atoms with Gasteiger partial charge in [0.05, 0.1) is 22.9 Å².